The highest BCUT2D eigenvalue weighted by Crippen LogP contribution is 2.32. The Morgan fingerprint density at radius 2 is 2.00 bits per heavy atom. The summed E-state index contributed by atoms with van der Waals surface area (Å²) in [6, 6.07) is 0. The van der Waals surface area contributed by atoms with Gasteiger partial charge in [-0.1, -0.05) is 0 Å². The van der Waals surface area contributed by atoms with E-state index in [0.717, 1.165) is 12.5 Å². The molecule has 0 radical (unpaired) electrons. The van der Waals surface area contributed by atoms with Crippen molar-refractivity contribution in [2.45, 2.75) is 19.8 Å². The quantitative estimate of drug-likeness (QED) is 0.558. The standard InChI is InChI=1S/C9H15NO/c1-7(11)9-6-10-4-2-8(9)3-5-10/h8-9H,2-6H2,1H3. The van der Waals surface area contributed by atoms with Crippen LogP contribution >= 0.6 is 0 Å². The van der Waals surface area contributed by atoms with Crippen LogP contribution < -0.4 is 0 Å². The van der Waals surface area contributed by atoms with Crippen molar-refractivity contribution in [3.05, 3.63) is 0 Å². The minimum absolute atomic E-state index is 0.373. The molecule has 3 saturated heterocycles. The molecule has 62 valence electrons. The number of rotatable bonds is 1. The van der Waals surface area contributed by atoms with E-state index in [4.69, 9.17) is 0 Å². The molecule has 0 spiro atoms. The molecule has 1 atom stereocenters. The van der Waals surface area contributed by atoms with Crippen molar-refractivity contribution in [2.75, 3.05) is 19.6 Å². The predicted octanol–water partition coefficient (Wildman–Crippen LogP) is 0.917. The van der Waals surface area contributed by atoms with Gasteiger partial charge >= 0.3 is 0 Å². The minimum Gasteiger partial charge on any atom is -0.303 e. The normalized spacial score (nSPS) is 42.5. The van der Waals surface area contributed by atoms with Gasteiger partial charge in [0.05, 0.1) is 0 Å². The van der Waals surface area contributed by atoms with Crippen molar-refractivity contribution in [3.63, 3.8) is 0 Å². The lowest BCUT2D eigenvalue weighted by molar-refractivity contribution is -0.126. The third-order valence-electron chi connectivity index (χ3n) is 3.18. The van der Waals surface area contributed by atoms with Gasteiger partial charge < -0.3 is 4.90 Å². The number of fused-ring (bicyclic) bond motifs is 3. The predicted molar refractivity (Wildman–Crippen MR) is 43.3 cm³/mol. The second kappa shape index (κ2) is 2.59. The van der Waals surface area contributed by atoms with Gasteiger partial charge in [-0.3, -0.25) is 4.79 Å². The molecule has 0 aromatic carbocycles. The molecular weight excluding hydrogens is 138 g/mol. The Morgan fingerprint density at radius 3 is 2.27 bits per heavy atom. The molecule has 0 saturated carbocycles. The first kappa shape index (κ1) is 7.29. The monoisotopic (exact) mass is 153 g/mol. The molecule has 2 nitrogen and oxygen atoms in total. The van der Waals surface area contributed by atoms with Crippen LogP contribution in [0.3, 0.4) is 0 Å². The van der Waals surface area contributed by atoms with Gasteiger partial charge in [0, 0.05) is 12.5 Å². The maximum atomic E-state index is 11.2. The third-order valence-corrected chi connectivity index (χ3v) is 3.18. The molecule has 3 fully saturated rings. The maximum absolute atomic E-state index is 11.2. The fourth-order valence-electron chi connectivity index (χ4n) is 2.43. The van der Waals surface area contributed by atoms with Crippen LogP contribution in [0.2, 0.25) is 0 Å². The highest BCUT2D eigenvalue weighted by molar-refractivity contribution is 5.79. The number of ketones is 1. The Hall–Kier alpha value is -0.370. The lowest BCUT2D eigenvalue weighted by atomic mass is 9.77. The SMILES string of the molecule is CC(=O)C1CN2CCC1CC2. The number of carbonyl (C=O) groups excluding carboxylic acids is 1. The molecule has 0 amide bonds. The zero-order valence-corrected chi connectivity index (χ0v) is 7.05. The highest BCUT2D eigenvalue weighted by Gasteiger charge is 2.36. The van der Waals surface area contributed by atoms with Crippen LogP contribution in [0.4, 0.5) is 0 Å². The molecule has 0 aromatic rings. The zero-order valence-electron chi connectivity index (χ0n) is 7.05. The number of nitrogens with zero attached hydrogens (tertiary/aromatic N) is 1. The first-order chi connectivity index (χ1) is 5.27. The van der Waals surface area contributed by atoms with Crippen LogP contribution in [0.15, 0.2) is 0 Å². The molecular formula is C9H15NO. The van der Waals surface area contributed by atoms with Gasteiger partial charge in [-0.25, -0.2) is 0 Å². The molecule has 2 heteroatoms. The molecule has 0 N–H and O–H groups in total. The second-order valence-corrected chi connectivity index (χ2v) is 3.86. The van der Waals surface area contributed by atoms with Gasteiger partial charge in [0.2, 0.25) is 0 Å². The summed E-state index contributed by atoms with van der Waals surface area (Å²) in [4.78, 5) is 13.6. The molecule has 1 unspecified atom stereocenters. The average molecular weight is 153 g/mol. The van der Waals surface area contributed by atoms with Gasteiger partial charge in [0.15, 0.2) is 0 Å². The summed E-state index contributed by atoms with van der Waals surface area (Å²) in [5.74, 6) is 1.49. The topological polar surface area (TPSA) is 20.3 Å². The van der Waals surface area contributed by atoms with E-state index in [-0.39, 0.29) is 0 Å². The summed E-state index contributed by atoms with van der Waals surface area (Å²) in [6.07, 6.45) is 2.51. The molecule has 3 aliphatic heterocycles. The van der Waals surface area contributed by atoms with Gasteiger partial charge in [0.1, 0.15) is 5.78 Å². The van der Waals surface area contributed by atoms with E-state index in [1.807, 2.05) is 0 Å². The van der Waals surface area contributed by atoms with Crippen LogP contribution in [-0.2, 0) is 4.79 Å². The number of Topliss-reactive ketones (excluding diaryl/α,β-unsaturated/α-hetero) is 1. The molecule has 3 heterocycles. The van der Waals surface area contributed by atoms with E-state index in [0.29, 0.717) is 11.7 Å². The van der Waals surface area contributed by atoms with Crippen molar-refractivity contribution >= 4 is 5.78 Å². The summed E-state index contributed by atoms with van der Waals surface area (Å²) < 4.78 is 0. The molecule has 3 rings (SSSR count). The fourth-order valence-corrected chi connectivity index (χ4v) is 2.43. The van der Waals surface area contributed by atoms with Gasteiger partial charge in [-0.15, -0.1) is 0 Å². The lowest BCUT2D eigenvalue weighted by Gasteiger charge is -2.43. The van der Waals surface area contributed by atoms with E-state index >= 15 is 0 Å². The van der Waals surface area contributed by atoms with Gasteiger partial charge in [-0.05, 0) is 38.8 Å². The molecule has 2 bridgehead atoms. The van der Waals surface area contributed by atoms with Crippen LogP contribution in [-0.4, -0.2) is 30.3 Å². The van der Waals surface area contributed by atoms with Gasteiger partial charge in [0.25, 0.3) is 0 Å². The largest absolute Gasteiger partial charge is 0.303 e. The minimum atomic E-state index is 0.373. The van der Waals surface area contributed by atoms with E-state index in [1.165, 1.54) is 25.9 Å². The molecule has 11 heavy (non-hydrogen) atoms. The Bertz CT molecular complexity index is 170. The number of hydrogen-bond donors (Lipinski definition) is 0. The van der Waals surface area contributed by atoms with E-state index in [9.17, 15) is 4.79 Å². The van der Waals surface area contributed by atoms with Crippen molar-refractivity contribution in [1.82, 2.24) is 4.90 Å². The summed E-state index contributed by atoms with van der Waals surface area (Å²) in [5.41, 5.74) is 0. The number of piperidine rings is 3. The summed E-state index contributed by atoms with van der Waals surface area (Å²) >= 11 is 0. The van der Waals surface area contributed by atoms with Gasteiger partial charge in [-0.2, -0.15) is 0 Å². The zero-order chi connectivity index (χ0) is 7.84. The smallest absolute Gasteiger partial charge is 0.134 e. The number of hydrogen-bond acceptors (Lipinski definition) is 2. The van der Waals surface area contributed by atoms with E-state index < -0.39 is 0 Å². The summed E-state index contributed by atoms with van der Waals surface area (Å²) in [7, 11) is 0. The average Bonchev–Trinajstić information content (AvgIpc) is 2.06. The summed E-state index contributed by atoms with van der Waals surface area (Å²) in [5, 5.41) is 0. The van der Waals surface area contributed by atoms with Crippen molar-refractivity contribution in [2.24, 2.45) is 11.8 Å². The lowest BCUT2D eigenvalue weighted by Crippen LogP contribution is -2.49. The molecule has 0 aliphatic carbocycles. The Kier molecular flexibility index (Phi) is 1.72. The van der Waals surface area contributed by atoms with Crippen molar-refractivity contribution in [3.8, 4) is 0 Å². The Balaban J connectivity index is 2.08. The fraction of sp³-hybridized carbons (Fsp3) is 0.889. The second-order valence-electron chi connectivity index (χ2n) is 3.86. The van der Waals surface area contributed by atoms with Crippen LogP contribution in [0, 0.1) is 11.8 Å². The van der Waals surface area contributed by atoms with E-state index in [2.05, 4.69) is 4.90 Å². The van der Waals surface area contributed by atoms with Crippen LogP contribution in [0.1, 0.15) is 19.8 Å². The van der Waals surface area contributed by atoms with Crippen LogP contribution in [0.5, 0.6) is 0 Å². The maximum Gasteiger partial charge on any atom is 0.134 e. The van der Waals surface area contributed by atoms with Crippen LogP contribution in [0.25, 0.3) is 0 Å². The molecule has 0 aromatic heterocycles. The Morgan fingerprint density at radius 1 is 1.36 bits per heavy atom. The highest BCUT2D eigenvalue weighted by atomic mass is 16.1. The van der Waals surface area contributed by atoms with E-state index in [1.54, 1.807) is 6.92 Å². The first-order valence-corrected chi connectivity index (χ1v) is 4.50. The Labute approximate surface area is 67.6 Å². The third kappa shape index (κ3) is 1.20. The van der Waals surface area contributed by atoms with Crippen molar-refractivity contribution < 1.29 is 4.79 Å². The number of carbonyl (C=O) groups is 1. The first-order valence-electron chi connectivity index (χ1n) is 4.50. The van der Waals surface area contributed by atoms with Crippen molar-refractivity contribution in [1.29, 1.82) is 0 Å². The summed E-state index contributed by atoms with van der Waals surface area (Å²) in [6.45, 7) is 5.25. The molecule has 3 aliphatic rings.